The van der Waals surface area contributed by atoms with Gasteiger partial charge in [0.2, 0.25) is 5.91 Å². The topological polar surface area (TPSA) is 49.4 Å². The molecule has 4 heteroatoms. The predicted octanol–water partition coefficient (Wildman–Crippen LogP) is 4.44. The minimum atomic E-state index is -0.0584. The second-order valence-corrected chi connectivity index (χ2v) is 6.52. The molecule has 0 saturated carbocycles. The minimum Gasteiger partial charge on any atom is -0.339 e. The second kappa shape index (κ2) is 9.76. The first-order valence-corrected chi connectivity index (χ1v) is 9.28. The van der Waals surface area contributed by atoms with Crippen LogP contribution in [0.3, 0.4) is 0 Å². The summed E-state index contributed by atoms with van der Waals surface area (Å²) >= 11 is 0. The van der Waals surface area contributed by atoms with Crippen LogP contribution in [-0.4, -0.2) is 29.8 Å². The van der Waals surface area contributed by atoms with Crippen LogP contribution in [0.15, 0.2) is 48.5 Å². The van der Waals surface area contributed by atoms with Crippen LogP contribution < -0.4 is 5.32 Å². The van der Waals surface area contributed by atoms with Crippen molar-refractivity contribution in [3.63, 3.8) is 0 Å². The van der Waals surface area contributed by atoms with Crippen LogP contribution in [0.5, 0.6) is 0 Å². The number of carbonyl (C=O) groups excluding carboxylic acids is 2. The Hall–Kier alpha value is -2.62. The highest BCUT2D eigenvalue weighted by atomic mass is 16.2. The van der Waals surface area contributed by atoms with Crippen molar-refractivity contribution in [1.29, 1.82) is 0 Å². The summed E-state index contributed by atoms with van der Waals surface area (Å²) in [5.74, 6) is -0.0107. The Morgan fingerprint density at radius 2 is 1.54 bits per heavy atom. The van der Waals surface area contributed by atoms with E-state index in [0.29, 0.717) is 17.7 Å². The highest BCUT2D eigenvalue weighted by molar-refractivity contribution is 5.96. The molecule has 2 amide bonds. The summed E-state index contributed by atoms with van der Waals surface area (Å²) in [5.41, 5.74) is 3.49. The molecular weight excluding hydrogens is 324 g/mol. The lowest BCUT2D eigenvalue weighted by Crippen LogP contribution is -2.32. The van der Waals surface area contributed by atoms with Gasteiger partial charge in [0.05, 0.1) is 6.42 Å². The van der Waals surface area contributed by atoms with Crippen LogP contribution in [0.2, 0.25) is 0 Å². The number of benzene rings is 2. The van der Waals surface area contributed by atoms with E-state index in [-0.39, 0.29) is 11.8 Å². The van der Waals surface area contributed by atoms with E-state index in [9.17, 15) is 9.59 Å². The van der Waals surface area contributed by atoms with Gasteiger partial charge in [-0.1, -0.05) is 38.1 Å². The van der Waals surface area contributed by atoms with E-state index in [0.717, 1.165) is 37.1 Å². The number of amides is 2. The van der Waals surface area contributed by atoms with E-state index in [1.54, 1.807) is 24.3 Å². The van der Waals surface area contributed by atoms with E-state index in [2.05, 4.69) is 19.2 Å². The minimum absolute atomic E-state index is 0.0477. The summed E-state index contributed by atoms with van der Waals surface area (Å²) < 4.78 is 0. The standard InChI is InChI=1S/C22H28N2O2/c1-4-14-24(15-5-2)22(26)18-10-12-20(13-11-18)23-21(25)16-19-9-7-6-8-17(19)3/h6-13H,4-5,14-16H2,1-3H3,(H,23,25). The van der Waals surface area contributed by atoms with Gasteiger partial charge in [-0.2, -0.15) is 0 Å². The lowest BCUT2D eigenvalue weighted by molar-refractivity contribution is -0.115. The molecule has 0 atom stereocenters. The van der Waals surface area contributed by atoms with E-state index in [1.165, 1.54) is 0 Å². The average molecular weight is 352 g/mol. The quantitative estimate of drug-likeness (QED) is 0.763. The molecular formula is C22H28N2O2. The van der Waals surface area contributed by atoms with E-state index in [1.807, 2.05) is 36.1 Å². The number of nitrogens with one attached hydrogen (secondary N) is 1. The van der Waals surface area contributed by atoms with Crippen molar-refractivity contribution < 1.29 is 9.59 Å². The first kappa shape index (κ1) is 19.7. The highest BCUT2D eigenvalue weighted by Crippen LogP contribution is 2.14. The lowest BCUT2D eigenvalue weighted by atomic mass is 10.1. The van der Waals surface area contributed by atoms with Gasteiger partial charge in [0, 0.05) is 24.3 Å². The number of carbonyl (C=O) groups is 2. The fourth-order valence-corrected chi connectivity index (χ4v) is 2.92. The predicted molar refractivity (Wildman–Crippen MR) is 106 cm³/mol. The SMILES string of the molecule is CCCN(CCC)C(=O)c1ccc(NC(=O)Cc2ccccc2C)cc1. The van der Waals surface area contributed by atoms with Gasteiger partial charge in [-0.05, 0) is 55.2 Å². The zero-order chi connectivity index (χ0) is 18.9. The van der Waals surface area contributed by atoms with Crippen LogP contribution in [0, 0.1) is 6.92 Å². The summed E-state index contributed by atoms with van der Waals surface area (Å²) in [6.07, 6.45) is 2.23. The second-order valence-electron chi connectivity index (χ2n) is 6.52. The van der Waals surface area contributed by atoms with Gasteiger partial charge >= 0.3 is 0 Å². The lowest BCUT2D eigenvalue weighted by Gasteiger charge is -2.21. The van der Waals surface area contributed by atoms with Crippen molar-refractivity contribution in [3.8, 4) is 0 Å². The average Bonchev–Trinajstić information content (AvgIpc) is 2.63. The molecule has 4 nitrogen and oxygen atoms in total. The summed E-state index contributed by atoms with van der Waals surface area (Å²) in [6, 6.07) is 15.0. The van der Waals surface area contributed by atoms with E-state index >= 15 is 0 Å². The van der Waals surface area contributed by atoms with E-state index < -0.39 is 0 Å². The number of aryl methyl sites for hydroxylation is 1. The first-order chi connectivity index (χ1) is 12.5. The summed E-state index contributed by atoms with van der Waals surface area (Å²) in [4.78, 5) is 26.7. The molecule has 1 N–H and O–H groups in total. The molecule has 0 fully saturated rings. The van der Waals surface area contributed by atoms with Crippen LogP contribution in [0.1, 0.15) is 48.2 Å². The molecule has 2 rings (SSSR count). The molecule has 138 valence electrons. The molecule has 2 aromatic rings. The van der Waals surface area contributed by atoms with Gasteiger partial charge in [0.25, 0.3) is 5.91 Å². The molecule has 2 aromatic carbocycles. The molecule has 0 spiro atoms. The third-order valence-electron chi connectivity index (χ3n) is 4.30. The number of nitrogens with zero attached hydrogens (tertiary/aromatic N) is 1. The molecule has 0 saturated heterocycles. The number of rotatable bonds is 8. The number of hydrogen-bond acceptors (Lipinski definition) is 2. The molecule has 0 bridgehead atoms. The largest absolute Gasteiger partial charge is 0.339 e. The Bertz CT molecular complexity index is 732. The van der Waals surface area contributed by atoms with Crippen LogP contribution in [-0.2, 0) is 11.2 Å². The van der Waals surface area contributed by atoms with Crippen LogP contribution in [0.4, 0.5) is 5.69 Å². The molecule has 0 radical (unpaired) electrons. The third kappa shape index (κ3) is 5.45. The summed E-state index contributed by atoms with van der Waals surface area (Å²) in [6.45, 7) is 7.68. The van der Waals surface area contributed by atoms with Gasteiger partial charge in [-0.25, -0.2) is 0 Å². The van der Waals surface area contributed by atoms with Gasteiger partial charge in [-0.3, -0.25) is 9.59 Å². The Kier molecular flexibility index (Phi) is 7.39. The zero-order valence-electron chi connectivity index (χ0n) is 15.9. The van der Waals surface area contributed by atoms with Crippen molar-refractivity contribution in [2.75, 3.05) is 18.4 Å². The van der Waals surface area contributed by atoms with Crippen molar-refractivity contribution in [2.24, 2.45) is 0 Å². The molecule has 0 aliphatic carbocycles. The van der Waals surface area contributed by atoms with Crippen molar-refractivity contribution in [1.82, 2.24) is 4.90 Å². The maximum atomic E-state index is 12.6. The number of anilines is 1. The Balaban J connectivity index is 1.99. The third-order valence-corrected chi connectivity index (χ3v) is 4.30. The number of hydrogen-bond donors (Lipinski definition) is 1. The smallest absolute Gasteiger partial charge is 0.253 e. The summed E-state index contributed by atoms with van der Waals surface area (Å²) in [7, 11) is 0. The van der Waals surface area contributed by atoms with Gasteiger partial charge < -0.3 is 10.2 Å². The molecule has 0 heterocycles. The molecule has 0 aromatic heterocycles. The first-order valence-electron chi connectivity index (χ1n) is 9.28. The van der Waals surface area contributed by atoms with Crippen LogP contribution in [0.25, 0.3) is 0 Å². The normalized spacial score (nSPS) is 10.4. The van der Waals surface area contributed by atoms with Crippen LogP contribution >= 0.6 is 0 Å². The maximum absolute atomic E-state index is 12.6. The fraction of sp³-hybridized carbons (Fsp3) is 0.364. The van der Waals surface area contributed by atoms with E-state index in [4.69, 9.17) is 0 Å². The van der Waals surface area contributed by atoms with Gasteiger partial charge in [0.15, 0.2) is 0 Å². The Morgan fingerprint density at radius 1 is 0.923 bits per heavy atom. The molecule has 0 unspecified atom stereocenters. The van der Waals surface area contributed by atoms with Crippen molar-refractivity contribution >= 4 is 17.5 Å². The molecule has 0 aliphatic rings. The summed E-state index contributed by atoms with van der Waals surface area (Å²) in [5, 5.41) is 2.90. The highest BCUT2D eigenvalue weighted by Gasteiger charge is 2.14. The van der Waals surface area contributed by atoms with Gasteiger partial charge in [-0.15, -0.1) is 0 Å². The molecule has 0 aliphatic heterocycles. The Labute approximate surface area is 156 Å². The fourth-order valence-electron chi connectivity index (χ4n) is 2.92. The zero-order valence-corrected chi connectivity index (χ0v) is 15.9. The van der Waals surface area contributed by atoms with Crippen molar-refractivity contribution in [2.45, 2.75) is 40.0 Å². The van der Waals surface area contributed by atoms with Gasteiger partial charge in [0.1, 0.15) is 0 Å². The molecule has 26 heavy (non-hydrogen) atoms. The maximum Gasteiger partial charge on any atom is 0.253 e. The monoisotopic (exact) mass is 352 g/mol. The Morgan fingerprint density at radius 3 is 2.12 bits per heavy atom. The van der Waals surface area contributed by atoms with Crippen molar-refractivity contribution in [3.05, 3.63) is 65.2 Å².